The molecule has 6 heteroatoms. The fourth-order valence-corrected chi connectivity index (χ4v) is 2.19. The number of nitrogens with zero attached hydrogens (tertiary/aromatic N) is 2. The molecule has 0 saturated carbocycles. The average molecular weight is 303 g/mol. The number of amides is 1. The monoisotopic (exact) mass is 302 g/mol. The minimum absolute atomic E-state index is 0.161. The van der Waals surface area contributed by atoms with Gasteiger partial charge in [0, 0.05) is 32.4 Å². The molecule has 0 spiro atoms. The van der Waals surface area contributed by atoms with Crippen LogP contribution in [0.2, 0.25) is 5.02 Å². The van der Waals surface area contributed by atoms with Gasteiger partial charge in [-0.15, -0.1) is 0 Å². The van der Waals surface area contributed by atoms with Crippen LogP contribution in [0.3, 0.4) is 0 Å². The standard InChI is InChI=1S/C15H15ClN4O/c1-10(21)19-15-4-3-12(6-14(15)16)18-8-11-5-13(7-17)20(2)9-11/h3-6,9,18H,8H2,1-2H3,(H,19,21). The normalized spacial score (nSPS) is 10.0. The molecule has 0 saturated heterocycles. The van der Waals surface area contributed by atoms with Gasteiger partial charge in [0.15, 0.2) is 0 Å². The first-order chi connectivity index (χ1) is 9.99. The van der Waals surface area contributed by atoms with Crippen LogP contribution in [0.5, 0.6) is 0 Å². The first kappa shape index (κ1) is 14.9. The van der Waals surface area contributed by atoms with Crippen molar-refractivity contribution in [2.45, 2.75) is 13.5 Å². The second-order valence-electron chi connectivity index (χ2n) is 4.69. The van der Waals surface area contributed by atoms with Crippen LogP contribution < -0.4 is 10.6 Å². The summed E-state index contributed by atoms with van der Waals surface area (Å²) in [6, 6.07) is 9.29. The molecule has 108 valence electrons. The second kappa shape index (κ2) is 6.33. The number of nitriles is 1. The van der Waals surface area contributed by atoms with Crippen LogP contribution in [0.25, 0.3) is 0 Å². The van der Waals surface area contributed by atoms with Gasteiger partial charge in [0.05, 0.1) is 10.7 Å². The molecule has 21 heavy (non-hydrogen) atoms. The van der Waals surface area contributed by atoms with Crippen molar-refractivity contribution in [3.8, 4) is 6.07 Å². The zero-order valence-corrected chi connectivity index (χ0v) is 12.5. The highest BCUT2D eigenvalue weighted by Crippen LogP contribution is 2.25. The molecule has 0 aliphatic carbocycles. The lowest BCUT2D eigenvalue weighted by Gasteiger charge is -2.09. The summed E-state index contributed by atoms with van der Waals surface area (Å²) in [7, 11) is 1.83. The minimum atomic E-state index is -0.161. The summed E-state index contributed by atoms with van der Waals surface area (Å²) in [6.07, 6.45) is 1.90. The predicted octanol–water partition coefficient (Wildman–Crippen LogP) is 3.12. The first-order valence-electron chi connectivity index (χ1n) is 6.36. The van der Waals surface area contributed by atoms with Crippen LogP contribution in [0.1, 0.15) is 18.2 Å². The van der Waals surface area contributed by atoms with E-state index < -0.39 is 0 Å². The molecule has 5 nitrogen and oxygen atoms in total. The van der Waals surface area contributed by atoms with E-state index in [0.717, 1.165) is 11.3 Å². The number of nitrogens with one attached hydrogen (secondary N) is 2. The zero-order valence-electron chi connectivity index (χ0n) is 11.8. The molecular weight excluding hydrogens is 288 g/mol. The van der Waals surface area contributed by atoms with Crippen LogP contribution in [-0.4, -0.2) is 10.5 Å². The third-order valence-electron chi connectivity index (χ3n) is 2.95. The van der Waals surface area contributed by atoms with Crippen LogP contribution >= 0.6 is 11.6 Å². The van der Waals surface area contributed by atoms with Crippen molar-refractivity contribution in [2.75, 3.05) is 10.6 Å². The number of aryl methyl sites for hydroxylation is 1. The highest BCUT2D eigenvalue weighted by Gasteiger charge is 2.05. The lowest BCUT2D eigenvalue weighted by molar-refractivity contribution is -0.114. The molecule has 1 aromatic heterocycles. The molecule has 1 aromatic carbocycles. The van der Waals surface area contributed by atoms with E-state index in [1.54, 1.807) is 16.7 Å². The first-order valence-corrected chi connectivity index (χ1v) is 6.73. The van der Waals surface area contributed by atoms with Gasteiger partial charge in [-0.2, -0.15) is 5.26 Å². The van der Waals surface area contributed by atoms with Gasteiger partial charge in [0.2, 0.25) is 5.91 Å². The summed E-state index contributed by atoms with van der Waals surface area (Å²) in [5.41, 5.74) is 3.06. The number of anilines is 2. The Kier molecular flexibility index (Phi) is 4.51. The molecular formula is C15H15ClN4O. The maximum Gasteiger partial charge on any atom is 0.221 e. The Balaban J connectivity index is 2.05. The van der Waals surface area contributed by atoms with E-state index in [0.29, 0.717) is 22.9 Å². The number of rotatable bonds is 4. The predicted molar refractivity (Wildman–Crippen MR) is 83.2 cm³/mol. The molecule has 0 bridgehead atoms. The maximum atomic E-state index is 11.0. The molecule has 0 aliphatic heterocycles. The lowest BCUT2D eigenvalue weighted by Crippen LogP contribution is -2.06. The van der Waals surface area contributed by atoms with Crippen molar-refractivity contribution in [2.24, 2.45) is 7.05 Å². The summed E-state index contributed by atoms with van der Waals surface area (Å²) in [4.78, 5) is 11.0. The number of aromatic nitrogens is 1. The summed E-state index contributed by atoms with van der Waals surface area (Å²) >= 11 is 6.11. The van der Waals surface area contributed by atoms with Gasteiger partial charge in [-0.05, 0) is 29.8 Å². The van der Waals surface area contributed by atoms with Crippen molar-refractivity contribution in [3.63, 3.8) is 0 Å². The van der Waals surface area contributed by atoms with E-state index in [-0.39, 0.29) is 5.91 Å². The molecule has 2 N–H and O–H groups in total. The van der Waals surface area contributed by atoms with E-state index in [1.807, 2.05) is 25.4 Å². The number of hydrogen-bond acceptors (Lipinski definition) is 3. The van der Waals surface area contributed by atoms with Crippen LogP contribution in [-0.2, 0) is 18.4 Å². The Morgan fingerprint density at radius 2 is 2.19 bits per heavy atom. The minimum Gasteiger partial charge on any atom is -0.381 e. The Bertz CT molecular complexity index is 715. The van der Waals surface area contributed by atoms with E-state index >= 15 is 0 Å². The molecule has 2 rings (SSSR count). The smallest absolute Gasteiger partial charge is 0.221 e. The molecule has 2 aromatic rings. The highest BCUT2D eigenvalue weighted by molar-refractivity contribution is 6.34. The van der Waals surface area contributed by atoms with Gasteiger partial charge in [0.25, 0.3) is 0 Å². The van der Waals surface area contributed by atoms with Gasteiger partial charge in [-0.1, -0.05) is 11.6 Å². The van der Waals surface area contributed by atoms with Gasteiger partial charge >= 0.3 is 0 Å². The quantitative estimate of drug-likeness (QED) is 0.911. The SMILES string of the molecule is CC(=O)Nc1ccc(NCc2cc(C#N)n(C)c2)cc1Cl. The number of benzene rings is 1. The van der Waals surface area contributed by atoms with Crippen molar-refractivity contribution in [3.05, 3.63) is 46.7 Å². The molecule has 1 amide bonds. The van der Waals surface area contributed by atoms with Gasteiger partial charge in [-0.25, -0.2) is 0 Å². The number of carbonyl (C=O) groups is 1. The largest absolute Gasteiger partial charge is 0.381 e. The summed E-state index contributed by atoms with van der Waals surface area (Å²) < 4.78 is 1.78. The number of carbonyl (C=O) groups excluding carboxylic acids is 1. The molecule has 0 radical (unpaired) electrons. The fraction of sp³-hybridized carbons (Fsp3) is 0.200. The topological polar surface area (TPSA) is 69.8 Å². The molecule has 0 fully saturated rings. The number of hydrogen-bond donors (Lipinski definition) is 2. The zero-order chi connectivity index (χ0) is 15.4. The summed E-state index contributed by atoms with van der Waals surface area (Å²) in [5, 5.41) is 15.3. The Morgan fingerprint density at radius 3 is 2.76 bits per heavy atom. The second-order valence-corrected chi connectivity index (χ2v) is 5.09. The lowest BCUT2D eigenvalue weighted by atomic mass is 10.2. The summed E-state index contributed by atoms with van der Waals surface area (Å²) in [6.45, 7) is 2.02. The van der Waals surface area contributed by atoms with Gasteiger partial charge < -0.3 is 15.2 Å². The van der Waals surface area contributed by atoms with E-state index in [4.69, 9.17) is 16.9 Å². The molecule has 1 heterocycles. The molecule has 0 aliphatic rings. The Hall–Kier alpha value is -2.45. The van der Waals surface area contributed by atoms with Crippen LogP contribution in [0, 0.1) is 11.3 Å². The number of halogens is 1. The van der Waals surface area contributed by atoms with Crippen molar-refractivity contribution >= 4 is 28.9 Å². The van der Waals surface area contributed by atoms with E-state index in [1.165, 1.54) is 6.92 Å². The van der Waals surface area contributed by atoms with Crippen LogP contribution in [0.15, 0.2) is 30.5 Å². The summed E-state index contributed by atoms with van der Waals surface area (Å²) in [5.74, 6) is -0.161. The fourth-order valence-electron chi connectivity index (χ4n) is 1.96. The Labute approximate surface area is 128 Å². The maximum absolute atomic E-state index is 11.0. The third-order valence-corrected chi connectivity index (χ3v) is 3.27. The average Bonchev–Trinajstić information content (AvgIpc) is 2.79. The van der Waals surface area contributed by atoms with Gasteiger partial charge in [-0.3, -0.25) is 4.79 Å². The third kappa shape index (κ3) is 3.77. The van der Waals surface area contributed by atoms with Crippen molar-refractivity contribution < 1.29 is 4.79 Å². The Morgan fingerprint density at radius 1 is 1.43 bits per heavy atom. The van der Waals surface area contributed by atoms with Crippen molar-refractivity contribution in [1.29, 1.82) is 5.26 Å². The van der Waals surface area contributed by atoms with Crippen molar-refractivity contribution in [1.82, 2.24) is 4.57 Å². The molecule has 0 unspecified atom stereocenters. The highest BCUT2D eigenvalue weighted by atomic mass is 35.5. The van der Waals surface area contributed by atoms with E-state index in [2.05, 4.69) is 16.7 Å². The van der Waals surface area contributed by atoms with Gasteiger partial charge in [0.1, 0.15) is 11.8 Å². The van der Waals surface area contributed by atoms with Crippen LogP contribution in [0.4, 0.5) is 11.4 Å². The van der Waals surface area contributed by atoms with E-state index in [9.17, 15) is 4.79 Å². The molecule has 0 atom stereocenters.